The first-order valence-electron chi connectivity index (χ1n) is 5.56. The molecule has 0 unspecified atom stereocenters. The lowest BCUT2D eigenvalue weighted by molar-refractivity contribution is -0.152. The van der Waals surface area contributed by atoms with Gasteiger partial charge >= 0.3 is 12.1 Å². The average molecular weight is 276 g/mol. The summed E-state index contributed by atoms with van der Waals surface area (Å²) in [7, 11) is 1.22. The molecule has 0 fully saturated rings. The highest BCUT2D eigenvalue weighted by atomic mass is 19.4. The molecule has 0 saturated carbocycles. The molecule has 0 saturated heterocycles. The van der Waals surface area contributed by atoms with Crippen molar-refractivity contribution in [3.63, 3.8) is 0 Å². The van der Waals surface area contributed by atoms with Gasteiger partial charge in [-0.2, -0.15) is 13.2 Å². The summed E-state index contributed by atoms with van der Waals surface area (Å²) < 4.78 is 47.9. The molecule has 0 bridgehead atoms. The maximum atomic E-state index is 12.7. The molecular formula is C13H15F3O3. The van der Waals surface area contributed by atoms with Gasteiger partial charge in [0, 0.05) is 0 Å². The maximum absolute atomic E-state index is 12.7. The standard InChI is InChI=1S/C13H15F3O3/c1-12(2,11(17)18-3)8-19-10-7-5-4-6-9(10)13(14,15)16/h4-7H,8H2,1-3H3. The minimum atomic E-state index is -4.49. The fourth-order valence-electron chi connectivity index (χ4n) is 1.42. The van der Waals surface area contributed by atoms with Crippen LogP contribution in [0.3, 0.4) is 0 Å². The predicted octanol–water partition coefficient (Wildman–Crippen LogP) is 3.28. The number of carbonyl (C=O) groups is 1. The summed E-state index contributed by atoms with van der Waals surface area (Å²) in [4.78, 5) is 11.4. The van der Waals surface area contributed by atoms with Gasteiger partial charge in [0.25, 0.3) is 0 Å². The third kappa shape index (κ3) is 3.87. The molecule has 0 aliphatic rings. The number of para-hydroxylation sites is 1. The van der Waals surface area contributed by atoms with Gasteiger partial charge in [-0.3, -0.25) is 4.79 Å². The van der Waals surface area contributed by atoms with Gasteiger partial charge in [0.15, 0.2) is 0 Å². The Morgan fingerprint density at radius 1 is 1.21 bits per heavy atom. The number of hydrogen-bond donors (Lipinski definition) is 0. The fourth-order valence-corrected chi connectivity index (χ4v) is 1.42. The third-order valence-electron chi connectivity index (χ3n) is 2.52. The van der Waals surface area contributed by atoms with Crippen molar-refractivity contribution in [3.05, 3.63) is 29.8 Å². The minimum Gasteiger partial charge on any atom is -0.492 e. The van der Waals surface area contributed by atoms with Crippen LogP contribution < -0.4 is 4.74 Å². The highest BCUT2D eigenvalue weighted by molar-refractivity contribution is 5.75. The maximum Gasteiger partial charge on any atom is 0.419 e. The van der Waals surface area contributed by atoms with E-state index >= 15 is 0 Å². The zero-order valence-electron chi connectivity index (χ0n) is 10.9. The van der Waals surface area contributed by atoms with Gasteiger partial charge in [0.05, 0.1) is 18.1 Å². The molecule has 1 aromatic rings. The Labute approximate surface area is 109 Å². The predicted molar refractivity (Wildman–Crippen MR) is 62.7 cm³/mol. The van der Waals surface area contributed by atoms with E-state index < -0.39 is 23.1 Å². The Hall–Kier alpha value is -1.72. The summed E-state index contributed by atoms with van der Waals surface area (Å²) in [5.41, 5.74) is -1.89. The van der Waals surface area contributed by atoms with Crippen molar-refractivity contribution in [1.29, 1.82) is 0 Å². The zero-order valence-corrected chi connectivity index (χ0v) is 10.9. The van der Waals surface area contributed by atoms with Crippen LogP contribution in [0.1, 0.15) is 19.4 Å². The van der Waals surface area contributed by atoms with Crippen LogP contribution in [-0.2, 0) is 15.7 Å². The molecule has 0 aromatic heterocycles. The van der Waals surface area contributed by atoms with E-state index in [1.807, 2.05) is 0 Å². The molecule has 106 valence electrons. The Morgan fingerprint density at radius 3 is 2.32 bits per heavy atom. The summed E-state index contributed by atoms with van der Waals surface area (Å²) in [6.07, 6.45) is -4.49. The smallest absolute Gasteiger partial charge is 0.419 e. The van der Waals surface area contributed by atoms with Crippen molar-refractivity contribution in [3.8, 4) is 5.75 Å². The molecule has 19 heavy (non-hydrogen) atoms. The summed E-state index contributed by atoms with van der Waals surface area (Å²) >= 11 is 0. The van der Waals surface area contributed by atoms with Crippen LogP contribution in [0.25, 0.3) is 0 Å². The van der Waals surface area contributed by atoms with Crippen molar-refractivity contribution < 1.29 is 27.4 Å². The van der Waals surface area contributed by atoms with Gasteiger partial charge in [-0.05, 0) is 26.0 Å². The van der Waals surface area contributed by atoms with Crippen LogP contribution in [0.2, 0.25) is 0 Å². The van der Waals surface area contributed by atoms with E-state index in [0.717, 1.165) is 6.07 Å². The van der Waals surface area contributed by atoms with Crippen LogP contribution in [0, 0.1) is 5.41 Å². The number of esters is 1. The molecule has 1 aromatic carbocycles. The number of rotatable bonds is 4. The molecule has 0 heterocycles. The van der Waals surface area contributed by atoms with E-state index in [4.69, 9.17) is 4.74 Å². The van der Waals surface area contributed by atoms with E-state index in [9.17, 15) is 18.0 Å². The van der Waals surface area contributed by atoms with E-state index in [-0.39, 0.29) is 12.4 Å². The topological polar surface area (TPSA) is 35.5 Å². The number of halogens is 3. The zero-order chi connectivity index (χ0) is 14.7. The summed E-state index contributed by atoms with van der Waals surface area (Å²) in [5.74, 6) is -0.844. The molecular weight excluding hydrogens is 261 g/mol. The molecule has 0 radical (unpaired) electrons. The van der Waals surface area contributed by atoms with E-state index in [1.54, 1.807) is 0 Å². The van der Waals surface area contributed by atoms with Crippen molar-refractivity contribution >= 4 is 5.97 Å². The van der Waals surface area contributed by atoms with E-state index in [1.165, 1.54) is 39.2 Å². The first-order valence-corrected chi connectivity index (χ1v) is 5.56. The second kappa shape index (κ2) is 5.50. The molecule has 3 nitrogen and oxygen atoms in total. The third-order valence-corrected chi connectivity index (χ3v) is 2.52. The van der Waals surface area contributed by atoms with Gasteiger partial charge in [-0.25, -0.2) is 0 Å². The monoisotopic (exact) mass is 276 g/mol. The Bertz CT molecular complexity index is 453. The molecule has 6 heteroatoms. The Kier molecular flexibility index (Phi) is 4.44. The molecule has 0 atom stereocenters. The highest BCUT2D eigenvalue weighted by Gasteiger charge is 2.35. The lowest BCUT2D eigenvalue weighted by atomic mass is 9.95. The molecule has 0 N–H and O–H groups in total. The van der Waals surface area contributed by atoms with Crippen molar-refractivity contribution in [2.24, 2.45) is 5.41 Å². The molecule has 0 spiro atoms. The van der Waals surface area contributed by atoms with E-state index in [0.29, 0.717) is 0 Å². The molecule has 0 aliphatic heterocycles. The Morgan fingerprint density at radius 2 is 1.79 bits per heavy atom. The lowest BCUT2D eigenvalue weighted by Gasteiger charge is -2.23. The van der Waals surface area contributed by atoms with Crippen LogP contribution >= 0.6 is 0 Å². The number of alkyl halides is 3. The normalized spacial score (nSPS) is 12.1. The summed E-state index contributed by atoms with van der Waals surface area (Å²) in [6, 6.07) is 4.87. The summed E-state index contributed by atoms with van der Waals surface area (Å²) in [5, 5.41) is 0. The van der Waals surface area contributed by atoms with Crippen LogP contribution in [0.15, 0.2) is 24.3 Å². The Balaban J connectivity index is 2.87. The first-order chi connectivity index (χ1) is 8.68. The summed E-state index contributed by atoms with van der Waals surface area (Å²) in [6.45, 7) is 2.87. The second-order valence-corrected chi connectivity index (χ2v) is 4.66. The molecule has 1 rings (SSSR count). The van der Waals surface area contributed by atoms with Crippen LogP contribution in [-0.4, -0.2) is 19.7 Å². The minimum absolute atomic E-state index is 0.202. The van der Waals surface area contributed by atoms with Crippen molar-refractivity contribution in [2.75, 3.05) is 13.7 Å². The van der Waals surface area contributed by atoms with Gasteiger partial charge in [-0.1, -0.05) is 12.1 Å². The van der Waals surface area contributed by atoms with Gasteiger partial charge in [0.2, 0.25) is 0 Å². The first kappa shape index (κ1) is 15.3. The molecule has 0 amide bonds. The number of hydrogen-bond acceptors (Lipinski definition) is 3. The number of benzene rings is 1. The number of carbonyl (C=O) groups excluding carboxylic acids is 1. The number of methoxy groups -OCH3 is 1. The van der Waals surface area contributed by atoms with Crippen molar-refractivity contribution in [1.82, 2.24) is 0 Å². The fraction of sp³-hybridized carbons (Fsp3) is 0.462. The van der Waals surface area contributed by atoms with Crippen LogP contribution in [0.4, 0.5) is 13.2 Å². The largest absolute Gasteiger partial charge is 0.492 e. The quantitative estimate of drug-likeness (QED) is 0.792. The number of ether oxygens (including phenoxy) is 2. The van der Waals surface area contributed by atoms with Crippen molar-refractivity contribution in [2.45, 2.75) is 20.0 Å². The average Bonchev–Trinajstić information content (AvgIpc) is 2.34. The highest BCUT2D eigenvalue weighted by Crippen LogP contribution is 2.36. The van der Waals surface area contributed by atoms with E-state index in [2.05, 4.69) is 4.74 Å². The van der Waals surface area contributed by atoms with Gasteiger partial charge in [-0.15, -0.1) is 0 Å². The van der Waals surface area contributed by atoms with Gasteiger partial charge in [0.1, 0.15) is 12.4 Å². The van der Waals surface area contributed by atoms with Crippen LogP contribution in [0.5, 0.6) is 5.75 Å². The lowest BCUT2D eigenvalue weighted by Crippen LogP contribution is -2.32. The second-order valence-electron chi connectivity index (χ2n) is 4.66. The van der Waals surface area contributed by atoms with Gasteiger partial charge < -0.3 is 9.47 Å². The molecule has 0 aliphatic carbocycles. The SMILES string of the molecule is COC(=O)C(C)(C)COc1ccccc1C(F)(F)F.